The highest BCUT2D eigenvalue weighted by atomic mass is 32.2. The van der Waals surface area contributed by atoms with Crippen molar-refractivity contribution in [2.45, 2.75) is 24.8 Å². The average Bonchev–Trinajstić information content (AvgIpc) is 2.75. The molecule has 0 saturated heterocycles. The molecule has 1 unspecified atom stereocenters. The third-order valence-electron chi connectivity index (χ3n) is 2.80. The molecule has 0 aliphatic heterocycles. The zero-order valence-electron chi connectivity index (χ0n) is 11.1. The summed E-state index contributed by atoms with van der Waals surface area (Å²) < 4.78 is 31.1. The minimum atomic E-state index is -3.77. The van der Waals surface area contributed by atoms with Gasteiger partial charge in [-0.3, -0.25) is 4.18 Å². The molecule has 0 fully saturated rings. The third-order valence-corrected chi connectivity index (χ3v) is 4.19. The van der Waals surface area contributed by atoms with Crippen LogP contribution in [-0.4, -0.2) is 18.0 Å². The number of hydrogen-bond acceptors (Lipinski definition) is 4. The molecule has 1 aromatic heterocycles. The fourth-order valence-corrected chi connectivity index (χ4v) is 2.81. The Bertz CT molecular complexity index is 659. The monoisotopic (exact) mass is 280 g/mol. The normalized spacial score (nSPS) is 13.4. The lowest BCUT2D eigenvalue weighted by molar-refractivity contribution is 0.220. The number of nitrogens with zero attached hydrogens (tertiary/aromatic N) is 2. The lowest BCUT2D eigenvalue weighted by Gasteiger charge is -2.13. The number of hydrogen-bond donors (Lipinski definition) is 0. The molecule has 0 aliphatic carbocycles. The predicted molar refractivity (Wildman–Crippen MR) is 71.1 cm³/mol. The van der Waals surface area contributed by atoms with Crippen LogP contribution in [0.25, 0.3) is 0 Å². The van der Waals surface area contributed by atoms with E-state index in [1.807, 2.05) is 6.92 Å². The summed E-state index contributed by atoms with van der Waals surface area (Å²) in [5.74, 6) is 0.565. The number of benzene rings is 1. The van der Waals surface area contributed by atoms with Gasteiger partial charge < -0.3 is 4.57 Å². The van der Waals surface area contributed by atoms with Crippen LogP contribution in [-0.2, 0) is 21.3 Å². The maximum atomic E-state index is 12.1. The lowest BCUT2D eigenvalue weighted by Crippen LogP contribution is -2.13. The van der Waals surface area contributed by atoms with Crippen molar-refractivity contribution in [3.8, 4) is 0 Å². The van der Waals surface area contributed by atoms with Crippen molar-refractivity contribution in [3.05, 3.63) is 48.0 Å². The van der Waals surface area contributed by atoms with E-state index in [9.17, 15) is 8.42 Å². The molecule has 0 radical (unpaired) electrons. The van der Waals surface area contributed by atoms with E-state index in [4.69, 9.17) is 4.18 Å². The van der Waals surface area contributed by atoms with Gasteiger partial charge in [0.05, 0.1) is 4.90 Å². The van der Waals surface area contributed by atoms with Gasteiger partial charge in [0.25, 0.3) is 10.1 Å². The minimum absolute atomic E-state index is 0.152. The number of aromatic nitrogens is 2. The van der Waals surface area contributed by atoms with Crippen molar-refractivity contribution in [1.82, 2.24) is 9.55 Å². The first-order chi connectivity index (χ1) is 8.90. The highest BCUT2D eigenvalue weighted by molar-refractivity contribution is 7.86. The van der Waals surface area contributed by atoms with Gasteiger partial charge in [0, 0.05) is 19.4 Å². The summed E-state index contributed by atoms with van der Waals surface area (Å²) in [5, 5.41) is 0. The van der Waals surface area contributed by atoms with Crippen LogP contribution in [0.1, 0.15) is 24.4 Å². The highest BCUT2D eigenvalue weighted by Gasteiger charge is 2.22. The van der Waals surface area contributed by atoms with Gasteiger partial charge in [-0.15, -0.1) is 0 Å². The smallest absolute Gasteiger partial charge is 0.297 e. The van der Waals surface area contributed by atoms with E-state index in [1.54, 1.807) is 43.1 Å². The van der Waals surface area contributed by atoms with Crippen LogP contribution in [0.15, 0.2) is 41.6 Å². The highest BCUT2D eigenvalue weighted by Crippen LogP contribution is 2.22. The molecule has 6 heteroatoms. The summed E-state index contributed by atoms with van der Waals surface area (Å²) >= 11 is 0. The molecule has 0 aliphatic rings. The second-order valence-corrected chi connectivity index (χ2v) is 5.97. The van der Waals surface area contributed by atoms with Crippen LogP contribution in [0.5, 0.6) is 0 Å². The van der Waals surface area contributed by atoms with Crippen molar-refractivity contribution >= 4 is 10.1 Å². The average molecular weight is 280 g/mol. The van der Waals surface area contributed by atoms with Gasteiger partial charge in [0.2, 0.25) is 0 Å². The van der Waals surface area contributed by atoms with Crippen LogP contribution < -0.4 is 0 Å². The molecule has 5 nitrogen and oxygen atoms in total. The molecule has 19 heavy (non-hydrogen) atoms. The molecule has 1 heterocycles. The van der Waals surface area contributed by atoms with Gasteiger partial charge in [-0.05, 0) is 26.0 Å². The fourth-order valence-electron chi connectivity index (χ4n) is 1.76. The molecule has 2 aromatic rings. The molecular formula is C13H16N2O3S. The van der Waals surface area contributed by atoms with Crippen molar-refractivity contribution < 1.29 is 12.6 Å². The Kier molecular flexibility index (Phi) is 3.73. The number of imidazole rings is 1. The standard InChI is InChI=1S/C13H16N2O3S/c1-10-4-6-12(7-5-10)19(16,17)18-11(2)13-14-8-9-15(13)3/h4-9,11H,1-3H3. The second kappa shape index (κ2) is 5.14. The van der Waals surface area contributed by atoms with E-state index in [0.29, 0.717) is 5.82 Å². The number of rotatable bonds is 4. The van der Waals surface area contributed by atoms with Crippen molar-refractivity contribution in [2.24, 2.45) is 7.05 Å². The molecule has 0 saturated carbocycles. The van der Waals surface area contributed by atoms with Gasteiger partial charge in [-0.1, -0.05) is 17.7 Å². The predicted octanol–water partition coefficient (Wildman–Crippen LogP) is 2.20. The molecule has 2 rings (SSSR count). The van der Waals surface area contributed by atoms with E-state index < -0.39 is 16.2 Å². The fraction of sp³-hybridized carbons (Fsp3) is 0.308. The summed E-state index contributed by atoms with van der Waals surface area (Å²) in [5.41, 5.74) is 0.996. The van der Waals surface area contributed by atoms with Crippen molar-refractivity contribution in [1.29, 1.82) is 0 Å². The van der Waals surface area contributed by atoms with E-state index in [0.717, 1.165) is 5.56 Å². The van der Waals surface area contributed by atoms with Crippen LogP contribution in [0.2, 0.25) is 0 Å². The van der Waals surface area contributed by atoms with Crippen LogP contribution in [0, 0.1) is 6.92 Å². The molecule has 0 N–H and O–H groups in total. The maximum Gasteiger partial charge on any atom is 0.297 e. The number of aryl methyl sites for hydroxylation is 2. The first-order valence-electron chi connectivity index (χ1n) is 5.87. The molecule has 0 amide bonds. The van der Waals surface area contributed by atoms with Crippen LogP contribution >= 0.6 is 0 Å². The van der Waals surface area contributed by atoms with Gasteiger partial charge in [0.1, 0.15) is 11.9 Å². The summed E-state index contributed by atoms with van der Waals surface area (Å²) in [4.78, 5) is 4.23. The van der Waals surface area contributed by atoms with E-state index in [1.165, 1.54) is 12.1 Å². The van der Waals surface area contributed by atoms with Gasteiger partial charge in [-0.25, -0.2) is 4.98 Å². The van der Waals surface area contributed by atoms with E-state index in [-0.39, 0.29) is 4.90 Å². The Hall–Kier alpha value is -1.66. The third kappa shape index (κ3) is 3.02. The topological polar surface area (TPSA) is 61.2 Å². The molecule has 102 valence electrons. The van der Waals surface area contributed by atoms with Crippen molar-refractivity contribution in [2.75, 3.05) is 0 Å². The molecule has 1 atom stereocenters. The summed E-state index contributed by atoms with van der Waals surface area (Å²) in [6, 6.07) is 6.55. The lowest BCUT2D eigenvalue weighted by atomic mass is 10.2. The van der Waals surface area contributed by atoms with Crippen LogP contribution in [0.4, 0.5) is 0 Å². The van der Waals surface area contributed by atoms with E-state index in [2.05, 4.69) is 4.98 Å². The van der Waals surface area contributed by atoms with Gasteiger partial charge >= 0.3 is 0 Å². The van der Waals surface area contributed by atoms with Gasteiger partial charge in [0.15, 0.2) is 0 Å². The molecular weight excluding hydrogens is 264 g/mol. The Labute approximate surface area is 113 Å². The summed E-state index contributed by atoms with van der Waals surface area (Å²) in [7, 11) is -1.98. The quantitative estimate of drug-likeness (QED) is 0.805. The summed E-state index contributed by atoms with van der Waals surface area (Å²) in [6.07, 6.45) is 2.72. The van der Waals surface area contributed by atoms with Crippen LogP contribution in [0.3, 0.4) is 0 Å². The SMILES string of the molecule is Cc1ccc(S(=O)(=O)OC(C)c2nccn2C)cc1. The Morgan fingerprint density at radius 2 is 1.89 bits per heavy atom. The summed E-state index contributed by atoms with van der Waals surface area (Å²) in [6.45, 7) is 3.56. The van der Waals surface area contributed by atoms with Crippen molar-refractivity contribution in [3.63, 3.8) is 0 Å². The minimum Gasteiger partial charge on any atom is -0.336 e. The maximum absolute atomic E-state index is 12.1. The zero-order chi connectivity index (χ0) is 14.0. The zero-order valence-corrected chi connectivity index (χ0v) is 11.9. The Balaban J connectivity index is 2.22. The molecule has 0 spiro atoms. The Morgan fingerprint density at radius 3 is 2.42 bits per heavy atom. The largest absolute Gasteiger partial charge is 0.336 e. The second-order valence-electron chi connectivity index (χ2n) is 4.40. The molecule has 0 bridgehead atoms. The Morgan fingerprint density at radius 1 is 1.26 bits per heavy atom. The first-order valence-corrected chi connectivity index (χ1v) is 7.28. The van der Waals surface area contributed by atoms with Gasteiger partial charge in [-0.2, -0.15) is 8.42 Å². The first kappa shape index (κ1) is 13.8. The molecule has 1 aromatic carbocycles. The van der Waals surface area contributed by atoms with E-state index >= 15 is 0 Å².